The molecule has 4 rings (SSSR count). The van der Waals surface area contributed by atoms with Gasteiger partial charge in [-0.1, -0.05) is 62.2 Å². The Morgan fingerprint density at radius 2 is 1.79 bits per heavy atom. The molecule has 0 spiro atoms. The van der Waals surface area contributed by atoms with Gasteiger partial charge in [-0.3, -0.25) is 4.90 Å². The van der Waals surface area contributed by atoms with Crippen LogP contribution < -0.4 is 0 Å². The molecule has 0 aliphatic heterocycles. The molecule has 1 fully saturated rings. The summed E-state index contributed by atoms with van der Waals surface area (Å²) >= 11 is 0. The van der Waals surface area contributed by atoms with Crippen molar-refractivity contribution in [3.05, 3.63) is 77.4 Å². The molecule has 5 nitrogen and oxygen atoms in total. The first-order valence-electron chi connectivity index (χ1n) is 10.1. The molecule has 0 saturated heterocycles. The minimum Gasteiger partial charge on any atom is -0.286 e. The fraction of sp³-hybridized carbons (Fsp3) is 0.409. The molecule has 1 aliphatic carbocycles. The van der Waals surface area contributed by atoms with Gasteiger partial charge in [0.25, 0.3) is 0 Å². The number of halogens is 1. The summed E-state index contributed by atoms with van der Waals surface area (Å²) in [6, 6.07) is 17.3. The summed E-state index contributed by atoms with van der Waals surface area (Å²) in [6.45, 7) is 3.74. The summed E-state index contributed by atoms with van der Waals surface area (Å²) in [5.74, 6) is 0.611. The van der Waals surface area contributed by atoms with E-state index in [0.29, 0.717) is 6.04 Å². The van der Waals surface area contributed by atoms with Crippen molar-refractivity contribution in [1.29, 1.82) is 0 Å². The van der Waals surface area contributed by atoms with Crippen molar-refractivity contribution < 1.29 is 4.39 Å². The Balaban J connectivity index is 1.73. The molecular formula is C22H26FN5. The van der Waals surface area contributed by atoms with Crippen LogP contribution in [-0.4, -0.2) is 31.7 Å². The SMILES string of the molecule is CCN(Cc1ccccc1)C(c1ccc(F)cc1)c1nnnn1C1CCCC1. The van der Waals surface area contributed by atoms with E-state index < -0.39 is 0 Å². The Kier molecular flexibility index (Phi) is 5.76. The van der Waals surface area contributed by atoms with Gasteiger partial charge in [-0.15, -0.1) is 5.10 Å². The van der Waals surface area contributed by atoms with Gasteiger partial charge in [-0.25, -0.2) is 9.07 Å². The lowest BCUT2D eigenvalue weighted by Gasteiger charge is -2.31. The molecule has 0 N–H and O–H groups in total. The van der Waals surface area contributed by atoms with Gasteiger partial charge in [-0.2, -0.15) is 0 Å². The highest BCUT2D eigenvalue weighted by Gasteiger charge is 2.30. The van der Waals surface area contributed by atoms with Gasteiger partial charge in [0.2, 0.25) is 0 Å². The Hall–Kier alpha value is -2.60. The molecule has 1 aliphatic rings. The maximum absolute atomic E-state index is 13.6. The lowest BCUT2D eigenvalue weighted by molar-refractivity contribution is 0.211. The lowest BCUT2D eigenvalue weighted by Crippen LogP contribution is -2.32. The van der Waals surface area contributed by atoms with Crippen LogP contribution >= 0.6 is 0 Å². The molecule has 0 bridgehead atoms. The van der Waals surface area contributed by atoms with E-state index in [1.54, 1.807) is 0 Å². The van der Waals surface area contributed by atoms with Crippen molar-refractivity contribution in [2.75, 3.05) is 6.54 Å². The highest BCUT2D eigenvalue weighted by molar-refractivity contribution is 5.26. The summed E-state index contributed by atoms with van der Waals surface area (Å²) < 4.78 is 15.6. The quantitative estimate of drug-likeness (QED) is 0.605. The predicted molar refractivity (Wildman–Crippen MR) is 106 cm³/mol. The average molecular weight is 379 g/mol. The number of hydrogen-bond acceptors (Lipinski definition) is 4. The monoisotopic (exact) mass is 379 g/mol. The first-order valence-corrected chi connectivity index (χ1v) is 10.1. The molecule has 146 valence electrons. The van der Waals surface area contributed by atoms with Crippen LogP contribution in [0.15, 0.2) is 54.6 Å². The van der Waals surface area contributed by atoms with Crippen LogP contribution in [-0.2, 0) is 6.54 Å². The maximum Gasteiger partial charge on any atom is 0.173 e. The summed E-state index contributed by atoms with van der Waals surface area (Å²) in [7, 11) is 0. The third kappa shape index (κ3) is 3.97. The van der Waals surface area contributed by atoms with E-state index in [2.05, 4.69) is 51.6 Å². The van der Waals surface area contributed by atoms with Crippen molar-refractivity contribution in [2.45, 2.75) is 51.2 Å². The highest BCUT2D eigenvalue weighted by atomic mass is 19.1. The van der Waals surface area contributed by atoms with Crippen molar-refractivity contribution in [3.63, 3.8) is 0 Å². The summed E-state index contributed by atoms with van der Waals surface area (Å²) in [5.41, 5.74) is 2.24. The van der Waals surface area contributed by atoms with Crippen LogP contribution in [0.3, 0.4) is 0 Å². The van der Waals surface area contributed by atoms with Crippen molar-refractivity contribution >= 4 is 0 Å². The first-order chi connectivity index (χ1) is 13.8. The zero-order chi connectivity index (χ0) is 19.3. The largest absolute Gasteiger partial charge is 0.286 e. The molecule has 0 radical (unpaired) electrons. The smallest absolute Gasteiger partial charge is 0.173 e. The first kappa shape index (κ1) is 18.7. The molecule has 1 heterocycles. The number of aromatic nitrogens is 4. The maximum atomic E-state index is 13.6. The molecule has 2 aromatic carbocycles. The molecule has 0 amide bonds. The number of hydrogen-bond donors (Lipinski definition) is 0. The van der Waals surface area contributed by atoms with E-state index in [4.69, 9.17) is 0 Å². The minimum absolute atomic E-state index is 0.124. The average Bonchev–Trinajstić information content (AvgIpc) is 3.41. The molecule has 1 unspecified atom stereocenters. The fourth-order valence-electron chi connectivity index (χ4n) is 4.16. The molecule has 3 aromatic rings. The van der Waals surface area contributed by atoms with Crippen LogP contribution in [0.4, 0.5) is 4.39 Å². The second-order valence-electron chi connectivity index (χ2n) is 7.42. The van der Waals surface area contributed by atoms with E-state index in [1.165, 1.54) is 30.5 Å². The van der Waals surface area contributed by atoms with E-state index in [1.807, 2.05) is 22.9 Å². The van der Waals surface area contributed by atoms with Gasteiger partial charge in [0, 0.05) is 6.54 Å². The highest BCUT2D eigenvalue weighted by Crippen LogP contribution is 2.34. The fourth-order valence-corrected chi connectivity index (χ4v) is 4.16. The van der Waals surface area contributed by atoms with Crippen LogP contribution in [0.1, 0.15) is 61.6 Å². The molecular weight excluding hydrogens is 353 g/mol. The van der Waals surface area contributed by atoms with Crippen LogP contribution in [0.5, 0.6) is 0 Å². The Labute approximate surface area is 165 Å². The summed E-state index contributed by atoms with van der Waals surface area (Å²) in [5, 5.41) is 12.8. The van der Waals surface area contributed by atoms with Gasteiger partial charge >= 0.3 is 0 Å². The van der Waals surface area contributed by atoms with Crippen molar-refractivity contribution in [3.8, 4) is 0 Å². The lowest BCUT2D eigenvalue weighted by atomic mass is 10.0. The van der Waals surface area contributed by atoms with E-state index in [-0.39, 0.29) is 11.9 Å². The Morgan fingerprint density at radius 3 is 2.46 bits per heavy atom. The van der Waals surface area contributed by atoms with Gasteiger partial charge < -0.3 is 0 Å². The molecule has 6 heteroatoms. The number of benzene rings is 2. The number of rotatable bonds is 7. The van der Waals surface area contributed by atoms with Crippen LogP contribution in [0.25, 0.3) is 0 Å². The standard InChI is InChI=1S/C22H26FN5/c1-2-27(16-17-8-4-3-5-9-17)21(18-12-14-19(23)15-13-18)22-24-25-26-28(22)20-10-6-7-11-20/h3-5,8-9,12-15,20-21H,2,6-7,10-11,16H2,1H3. The third-order valence-electron chi connectivity index (χ3n) is 5.62. The number of tetrazole rings is 1. The third-order valence-corrected chi connectivity index (χ3v) is 5.62. The second-order valence-corrected chi connectivity index (χ2v) is 7.42. The van der Waals surface area contributed by atoms with Gasteiger partial charge in [-0.05, 0) is 53.1 Å². The van der Waals surface area contributed by atoms with Gasteiger partial charge in [0.1, 0.15) is 5.82 Å². The Bertz CT molecular complexity index is 871. The summed E-state index contributed by atoms with van der Waals surface area (Å²) in [4.78, 5) is 2.35. The van der Waals surface area contributed by atoms with Crippen LogP contribution in [0, 0.1) is 5.82 Å². The Morgan fingerprint density at radius 1 is 1.07 bits per heavy atom. The molecule has 1 saturated carbocycles. The predicted octanol–water partition coefficient (Wildman–Crippen LogP) is 4.54. The van der Waals surface area contributed by atoms with Gasteiger partial charge in [0.15, 0.2) is 5.82 Å². The van der Waals surface area contributed by atoms with Crippen LogP contribution in [0.2, 0.25) is 0 Å². The number of nitrogens with zero attached hydrogens (tertiary/aromatic N) is 5. The van der Waals surface area contributed by atoms with E-state index in [0.717, 1.165) is 37.3 Å². The molecule has 28 heavy (non-hydrogen) atoms. The van der Waals surface area contributed by atoms with Crippen molar-refractivity contribution in [2.24, 2.45) is 0 Å². The second kappa shape index (κ2) is 8.61. The topological polar surface area (TPSA) is 46.8 Å². The zero-order valence-corrected chi connectivity index (χ0v) is 16.2. The van der Waals surface area contributed by atoms with E-state index >= 15 is 0 Å². The summed E-state index contributed by atoms with van der Waals surface area (Å²) in [6.07, 6.45) is 4.65. The normalized spacial score (nSPS) is 16.0. The van der Waals surface area contributed by atoms with Gasteiger partial charge in [0.05, 0.1) is 12.1 Å². The molecule has 1 aromatic heterocycles. The van der Waals surface area contributed by atoms with E-state index in [9.17, 15) is 4.39 Å². The minimum atomic E-state index is -0.232. The zero-order valence-electron chi connectivity index (χ0n) is 16.2. The van der Waals surface area contributed by atoms with Crippen molar-refractivity contribution in [1.82, 2.24) is 25.1 Å². The molecule has 1 atom stereocenters.